The SMILES string of the molecule is c1cc(-c2ccc(-c3ccc4cc(-c5cccc6ccccc56)ccc4c3)cc2)cc(-c2ccc3cc4c(cc3c2)-c2cccc3cccc-4c23)c1. The van der Waals surface area contributed by atoms with Crippen LogP contribution in [0.1, 0.15) is 0 Å². The fourth-order valence-electron chi connectivity index (χ4n) is 8.52. The van der Waals surface area contributed by atoms with Crippen molar-refractivity contribution < 1.29 is 0 Å². The molecule has 0 aromatic heterocycles. The van der Waals surface area contributed by atoms with Gasteiger partial charge in [0.2, 0.25) is 0 Å². The van der Waals surface area contributed by atoms with E-state index in [4.69, 9.17) is 0 Å². The minimum atomic E-state index is 1.22. The summed E-state index contributed by atoms with van der Waals surface area (Å²) in [5.74, 6) is 0. The van der Waals surface area contributed by atoms with Crippen molar-refractivity contribution in [1.82, 2.24) is 0 Å². The number of hydrogen-bond acceptors (Lipinski definition) is 0. The molecular formula is C52H32. The lowest BCUT2D eigenvalue weighted by molar-refractivity contribution is 1.59. The third kappa shape index (κ3) is 4.62. The Kier molecular flexibility index (Phi) is 6.35. The van der Waals surface area contributed by atoms with Crippen molar-refractivity contribution in [2.75, 3.05) is 0 Å². The van der Waals surface area contributed by atoms with Crippen LogP contribution in [-0.2, 0) is 0 Å². The average Bonchev–Trinajstić information content (AvgIpc) is 3.53. The van der Waals surface area contributed by atoms with Gasteiger partial charge in [-0.3, -0.25) is 0 Å². The number of hydrogen-bond donors (Lipinski definition) is 0. The van der Waals surface area contributed by atoms with Crippen LogP contribution in [0, 0.1) is 0 Å². The number of benzene rings is 10. The predicted molar refractivity (Wildman–Crippen MR) is 223 cm³/mol. The Morgan fingerprint density at radius 1 is 0.192 bits per heavy atom. The molecule has 0 spiro atoms. The molecule has 10 aromatic carbocycles. The summed E-state index contributed by atoms with van der Waals surface area (Å²) in [4.78, 5) is 0. The van der Waals surface area contributed by atoms with Gasteiger partial charge in [-0.05, 0) is 146 Å². The molecule has 0 amide bonds. The molecule has 0 fully saturated rings. The molecule has 1 aliphatic rings. The van der Waals surface area contributed by atoms with Gasteiger partial charge in [0.1, 0.15) is 0 Å². The molecule has 0 bridgehead atoms. The third-order valence-corrected chi connectivity index (χ3v) is 11.2. The molecule has 11 rings (SSSR count). The van der Waals surface area contributed by atoms with Gasteiger partial charge in [0.15, 0.2) is 0 Å². The van der Waals surface area contributed by atoms with E-state index in [9.17, 15) is 0 Å². The fourth-order valence-corrected chi connectivity index (χ4v) is 8.52. The average molecular weight is 657 g/mol. The second-order valence-corrected chi connectivity index (χ2v) is 14.1. The molecule has 0 aliphatic heterocycles. The van der Waals surface area contributed by atoms with Gasteiger partial charge in [-0.25, -0.2) is 0 Å². The normalized spacial score (nSPS) is 11.8. The van der Waals surface area contributed by atoms with Gasteiger partial charge < -0.3 is 0 Å². The van der Waals surface area contributed by atoms with Crippen molar-refractivity contribution in [3.8, 4) is 66.8 Å². The number of rotatable bonds is 4. The molecule has 1 aliphatic carbocycles. The van der Waals surface area contributed by atoms with Crippen molar-refractivity contribution in [1.29, 1.82) is 0 Å². The lowest BCUT2D eigenvalue weighted by atomic mass is 9.93. The van der Waals surface area contributed by atoms with E-state index in [1.54, 1.807) is 0 Å². The van der Waals surface area contributed by atoms with E-state index in [1.165, 1.54) is 110 Å². The summed E-state index contributed by atoms with van der Waals surface area (Å²) in [5, 5.41) is 10.3. The maximum absolute atomic E-state index is 2.39. The summed E-state index contributed by atoms with van der Waals surface area (Å²) in [6.07, 6.45) is 0. The lowest BCUT2D eigenvalue weighted by Gasteiger charge is -2.11. The number of fused-ring (bicyclic) bond motifs is 6. The second-order valence-electron chi connectivity index (χ2n) is 14.1. The Hall–Kier alpha value is -6.76. The topological polar surface area (TPSA) is 0 Å². The van der Waals surface area contributed by atoms with Gasteiger partial charge in [0, 0.05) is 0 Å². The van der Waals surface area contributed by atoms with Crippen molar-refractivity contribution in [2.45, 2.75) is 0 Å². The molecule has 0 saturated carbocycles. The van der Waals surface area contributed by atoms with E-state index in [-0.39, 0.29) is 0 Å². The van der Waals surface area contributed by atoms with Crippen LogP contribution in [0.5, 0.6) is 0 Å². The summed E-state index contributed by atoms with van der Waals surface area (Å²) in [6, 6.07) is 71.8. The van der Waals surface area contributed by atoms with Crippen LogP contribution in [0.2, 0.25) is 0 Å². The van der Waals surface area contributed by atoms with Crippen LogP contribution >= 0.6 is 0 Å². The Bertz CT molecular complexity index is 3040. The van der Waals surface area contributed by atoms with Crippen molar-refractivity contribution in [3.63, 3.8) is 0 Å². The Balaban J connectivity index is 0.885. The monoisotopic (exact) mass is 656 g/mol. The highest BCUT2D eigenvalue weighted by atomic mass is 14.2. The first-order valence-corrected chi connectivity index (χ1v) is 18.1. The highest BCUT2D eigenvalue weighted by molar-refractivity contribution is 6.17. The fraction of sp³-hybridized carbons (Fsp3) is 0. The molecule has 0 saturated heterocycles. The quantitative estimate of drug-likeness (QED) is 0.177. The molecule has 0 N–H and O–H groups in total. The first kappa shape index (κ1) is 29.0. The van der Waals surface area contributed by atoms with Crippen LogP contribution in [-0.4, -0.2) is 0 Å². The zero-order chi connectivity index (χ0) is 34.2. The highest BCUT2D eigenvalue weighted by Gasteiger charge is 2.21. The summed E-state index contributed by atoms with van der Waals surface area (Å²) >= 11 is 0. The summed E-state index contributed by atoms with van der Waals surface area (Å²) < 4.78 is 0. The Morgan fingerprint density at radius 2 is 0.635 bits per heavy atom. The highest BCUT2D eigenvalue weighted by Crippen LogP contribution is 2.48. The smallest absolute Gasteiger partial charge is 0.00264 e. The molecule has 240 valence electrons. The molecule has 0 heteroatoms. The van der Waals surface area contributed by atoms with Crippen LogP contribution in [0.15, 0.2) is 194 Å². The van der Waals surface area contributed by atoms with Crippen LogP contribution in [0.25, 0.3) is 110 Å². The zero-order valence-corrected chi connectivity index (χ0v) is 28.5. The molecule has 0 radical (unpaired) electrons. The molecule has 0 atom stereocenters. The van der Waals surface area contributed by atoms with E-state index in [2.05, 4.69) is 194 Å². The minimum absolute atomic E-state index is 1.22. The van der Waals surface area contributed by atoms with E-state index < -0.39 is 0 Å². The largest absolute Gasteiger partial charge is 0.0616 e. The molecule has 0 heterocycles. The van der Waals surface area contributed by atoms with Gasteiger partial charge in [0.05, 0.1) is 0 Å². The summed E-state index contributed by atoms with van der Waals surface area (Å²) in [5.41, 5.74) is 15.2. The summed E-state index contributed by atoms with van der Waals surface area (Å²) in [6.45, 7) is 0. The third-order valence-electron chi connectivity index (χ3n) is 11.2. The molecule has 0 nitrogen and oxygen atoms in total. The van der Waals surface area contributed by atoms with Crippen molar-refractivity contribution in [2.24, 2.45) is 0 Å². The molecular weight excluding hydrogens is 625 g/mol. The van der Waals surface area contributed by atoms with E-state index in [1.807, 2.05) is 0 Å². The van der Waals surface area contributed by atoms with E-state index in [0.29, 0.717) is 0 Å². The van der Waals surface area contributed by atoms with Crippen molar-refractivity contribution >= 4 is 43.1 Å². The lowest BCUT2D eigenvalue weighted by Crippen LogP contribution is -1.85. The summed E-state index contributed by atoms with van der Waals surface area (Å²) in [7, 11) is 0. The first-order valence-electron chi connectivity index (χ1n) is 18.1. The maximum atomic E-state index is 2.39. The minimum Gasteiger partial charge on any atom is -0.0616 e. The van der Waals surface area contributed by atoms with Crippen molar-refractivity contribution in [3.05, 3.63) is 194 Å². The molecule has 52 heavy (non-hydrogen) atoms. The zero-order valence-electron chi connectivity index (χ0n) is 28.5. The molecule has 0 unspecified atom stereocenters. The van der Waals surface area contributed by atoms with E-state index >= 15 is 0 Å². The van der Waals surface area contributed by atoms with E-state index in [0.717, 1.165) is 0 Å². The van der Waals surface area contributed by atoms with Crippen LogP contribution in [0.3, 0.4) is 0 Å². The maximum Gasteiger partial charge on any atom is -0.00264 e. The van der Waals surface area contributed by atoms with Gasteiger partial charge in [-0.15, -0.1) is 0 Å². The standard InChI is InChI=1S/C52H32/c1-2-13-46-35(7-1)8-4-14-47(46)44-26-25-40-28-39(21-22-41(40)29-44)34-19-17-33(18-20-34)37-11-3-12-38(27-37)42-23-24-43-31-50-48-15-5-9-36-10-6-16-49(52(36)48)51(50)32-45(43)30-42/h1-32H. The van der Waals surface area contributed by atoms with Crippen LogP contribution < -0.4 is 0 Å². The van der Waals surface area contributed by atoms with Crippen LogP contribution in [0.4, 0.5) is 0 Å². The van der Waals surface area contributed by atoms with Gasteiger partial charge in [0.25, 0.3) is 0 Å². The van der Waals surface area contributed by atoms with Gasteiger partial charge >= 0.3 is 0 Å². The van der Waals surface area contributed by atoms with Gasteiger partial charge in [-0.1, -0.05) is 158 Å². The van der Waals surface area contributed by atoms with Gasteiger partial charge in [-0.2, -0.15) is 0 Å². The first-order chi connectivity index (χ1) is 25.7. The second kappa shape index (κ2) is 11.4. The predicted octanol–water partition coefficient (Wildman–Crippen LogP) is 14.6. The molecule has 10 aromatic rings. The Morgan fingerprint density at radius 3 is 1.35 bits per heavy atom. The Labute approximate surface area is 302 Å².